The van der Waals surface area contributed by atoms with E-state index in [1.165, 1.54) is 6.08 Å². The molecular weight excluding hydrogens is 204 g/mol. The van der Waals surface area contributed by atoms with Crippen molar-refractivity contribution in [3.8, 4) is 5.75 Å². The Morgan fingerprint density at radius 3 is 2.88 bits per heavy atom. The lowest BCUT2D eigenvalue weighted by molar-refractivity contribution is -0.131. The predicted octanol–water partition coefficient (Wildman–Crippen LogP) is 2.66. The molecule has 0 aromatic heterocycles. The monoisotopic (exact) mass is 220 g/mol. The van der Waals surface area contributed by atoms with Gasteiger partial charge < -0.3 is 9.84 Å². The fraction of sp³-hybridized carbons (Fsp3) is 0.308. The minimum atomic E-state index is -0.904. The van der Waals surface area contributed by atoms with Crippen LogP contribution in [0.5, 0.6) is 5.75 Å². The Bertz CT molecular complexity index is 394. The Morgan fingerprint density at radius 1 is 1.50 bits per heavy atom. The number of rotatable bonds is 5. The molecule has 3 nitrogen and oxygen atoms in total. The largest absolute Gasteiger partial charge is 0.494 e. The molecule has 0 aliphatic carbocycles. The Morgan fingerprint density at radius 2 is 2.25 bits per heavy atom. The van der Waals surface area contributed by atoms with Crippen molar-refractivity contribution in [1.82, 2.24) is 0 Å². The number of ether oxygens (including phenoxy) is 1. The van der Waals surface area contributed by atoms with Crippen molar-refractivity contribution < 1.29 is 14.6 Å². The molecule has 1 N–H and O–H groups in total. The van der Waals surface area contributed by atoms with E-state index < -0.39 is 5.97 Å². The summed E-state index contributed by atoms with van der Waals surface area (Å²) in [5.74, 6) is -0.0819. The summed E-state index contributed by atoms with van der Waals surface area (Å²) in [6.45, 7) is 4.37. The molecule has 3 heteroatoms. The average molecular weight is 220 g/mol. The number of benzene rings is 1. The molecule has 0 bridgehead atoms. The number of hydrogen-bond donors (Lipinski definition) is 1. The molecular formula is C13H16O3. The highest BCUT2D eigenvalue weighted by Crippen LogP contribution is 2.16. The van der Waals surface area contributed by atoms with E-state index in [0.717, 1.165) is 16.9 Å². The van der Waals surface area contributed by atoms with E-state index in [-0.39, 0.29) is 0 Å². The van der Waals surface area contributed by atoms with Gasteiger partial charge in [-0.2, -0.15) is 0 Å². The van der Waals surface area contributed by atoms with Crippen LogP contribution in [0.2, 0.25) is 0 Å². The highest BCUT2D eigenvalue weighted by molar-refractivity contribution is 5.80. The van der Waals surface area contributed by atoms with Crippen molar-refractivity contribution in [2.75, 3.05) is 6.61 Å². The first-order chi connectivity index (χ1) is 7.61. The van der Waals surface area contributed by atoms with Gasteiger partial charge in [0.25, 0.3) is 0 Å². The van der Waals surface area contributed by atoms with Crippen LogP contribution in [0.4, 0.5) is 0 Å². The van der Waals surface area contributed by atoms with Crippen LogP contribution < -0.4 is 4.74 Å². The van der Waals surface area contributed by atoms with Crippen molar-refractivity contribution in [2.24, 2.45) is 0 Å². The van der Waals surface area contributed by atoms with Crippen LogP contribution in [0.25, 0.3) is 0 Å². The Hall–Kier alpha value is -1.77. The molecule has 0 saturated carbocycles. The maximum atomic E-state index is 10.5. The topological polar surface area (TPSA) is 46.5 Å². The molecule has 86 valence electrons. The van der Waals surface area contributed by atoms with E-state index >= 15 is 0 Å². The molecule has 0 atom stereocenters. The number of allylic oxidation sites excluding steroid dienone is 1. The number of carboxylic acid groups (broad SMARTS) is 1. The standard InChI is InChI=1S/C13H16O3/c1-3-16-12-6-4-5-11(9-12)7-10(2)8-13(14)15/h4-6,8-9H,3,7H2,1-2H3,(H,14,15)/b10-8+. The van der Waals surface area contributed by atoms with Crippen LogP contribution >= 0.6 is 0 Å². The maximum absolute atomic E-state index is 10.5. The van der Waals surface area contributed by atoms with Gasteiger partial charge >= 0.3 is 5.97 Å². The van der Waals surface area contributed by atoms with Crippen LogP contribution in [0.3, 0.4) is 0 Å². The molecule has 0 aliphatic heterocycles. The second-order valence-corrected chi connectivity index (χ2v) is 3.59. The normalized spacial score (nSPS) is 11.2. The highest BCUT2D eigenvalue weighted by Gasteiger charge is 1.99. The van der Waals surface area contributed by atoms with Gasteiger partial charge in [-0.05, 0) is 38.0 Å². The summed E-state index contributed by atoms with van der Waals surface area (Å²) >= 11 is 0. The third kappa shape index (κ3) is 4.17. The number of carboxylic acids is 1. The SMILES string of the molecule is CCOc1cccc(C/C(C)=C/C(=O)O)c1. The molecule has 0 radical (unpaired) electrons. The van der Waals surface area contributed by atoms with Crippen molar-refractivity contribution >= 4 is 5.97 Å². The first-order valence-electron chi connectivity index (χ1n) is 5.23. The van der Waals surface area contributed by atoms with E-state index in [1.54, 1.807) is 0 Å². The van der Waals surface area contributed by atoms with Gasteiger partial charge in [0.05, 0.1) is 6.61 Å². The third-order valence-corrected chi connectivity index (χ3v) is 2.06. The van der Waals surface area contributed by atoms with Crippen LogP contribution in [-0.2, 0) is 11.2 Å². The van der Waals surface area contributed by atoms with E-state index in [0.29, 0.717) is 13.0 Å². The van der Waals surface area contributed by atoms with E-state index in [9.17, 15) is 4.79 Å². The zero-order valence-corrected chi connectivity index (χ0v) is 9.56. The van der Waals surface area contributed by atoms with Gasteiger partial charge in [0.1, 0.15) is 5.75 Å². The summed E-state index contributed by atoms with van der Waals surface area (Å²) in [7, 11) is 0. The predicted molar refractivity (Wildman–Crippen MR) is 62.7 cm³/mol. The molecule has 1 aromatic rings. The molecule has 1 aromatic carbocycles. The molecule has 0 saturated heterocycles. The van der Waals surface area contributed by atoms with Crippen LogP contribution in [0.1, 0.15) is 19.4 Å². The zero-order chi connectivity index (χ0) is 12.0. The molecule has 1 rings (SSSR count). The average Bonchev–Trinajstić information content (AvgIpc) is 2.17. The van der Waals surface area contributed by atoms with Crippen LogP contribution in [-0.4, -0.2) is 17.7 Å². The molecule has 0 unspecified atom stereocenters. The fourth-order valence-electron chi connectivity index (χ4n) is 1.50. The summed E-state index contributed by atoms with van der Waals surface area (Å²) in [6.07, 6.45) is 1.86. The first-order valence-corrected chi connectivity index (χ1v) is 5.23. The fourth-order valence-corrected chi connectivity index (χ4v) is 1.50. The van der Waals surface area contributed by atoms with Crippen molar-refractivity contribution in [2.45, 2.75) is 20.3 Å². The Kier molecular flexibility index (Phi) is 4.58. The lowest BCUT2D eigenvalue weighted by Gasteiger charge is -2.06. The van der Waals surface area contributed by atoms with Gasteiger partial charge in [0, 0.05) is 6.08 Å². The summed E-state index contributed by atoms with van der Waals surface area (Å²) < 4.78 is 5.37. The van der Waals surface area contributed by atoms with Gasteiger partial charge in [-0.3, -0.25) is 0 Å². The van der Waals surface area contributed by atoms with Gasteiger partial charge in [-0.1, -0.05) is 17.7 Å². The van der Waals surface area contributed by atoms with E-state index in [1.807, 2.05) is 38.1 Å². The number of aliphatic carboxylic acids is 1. The molecule has 0 spiro atoms. The summed E-state index contributed by atoms with van der Waals surface area (Å²) in [4.78, 5) is 10.5. The quantitative estimate of drug-likeness (QED) is 0.776. The first kappa shape index (κ1) is 12.3. The van der Waals surface area contributed by atoms with Crippen molar-refractivity contribution in [3.63, 3.8) is 0 Å². The van der Waals surface area contributed by atoms with Crippen LogP contribution in [0.15, 0.2) is 35.9 Å². The maximum Gasteiger partial charge on any atom is 0.328 e. The second-order valence-electron chi connectivity index (χ2n) is 3.59. The van der Waals surface area contributed by atoms with Gasteiger partial charge in [0.2, 0.25) is 0 Å². The highest BCUT2D eigenvalue weighted by atomic mass is 16.5. The second kappa shape index (κ2) is 5.95. The van der Waals surface area contributed by atoms with Crippen LogP contribution in [0, 0.1) is 0 Å². The molecule has 0 amide bonds. The molecule has 0 aliphatic rings. The van der Waals surface area contributed by atoms with Crippen molar-refractivity contribution in [3.05, 3.63) is 41.5 Å². The van der Waals surface area contributed by atoms with Gasteiger partial charge in [0.15, 0.2) is 0 Å². The summed E-state index contributed by atoms with van der Waals surface area (Å²) in [6, 6.07) is 7.70. The van der Waals surface area contributed by atoms with Gasteiger partial charge in [-0.15, -0.1) is 0 Å². The van der Waals surface area contributed by atoms with E-state index in [2.05, 4.69) is 0 Å². The molecule has 0 fully saturated rings. The van der Waals surface area contributed by atoms with Gasteiger partial charge in [-0.25, -0.2) is 4.79 Å². The minimum Gasteiger partial charge on any atom is -0.494 e. The Labute approximate surface area is 95.4 Å². The lowest BCUT2D eigenvalue weighted by Crippen LogP contribution is -1.95. The Balaban J connectivity index is 2.73. The smallest absolute Gasteiger partial charge is 0.328 e. The molecule has 16 heavy (non-hydrogen) atoms. The minimum absolute atomic E-state index is 0.632. The summed E-state index contributed by atoms with van der Waals surface area (Å²) in [5, 5.41) is 8.60. The zero-order valence-electron chi connectivity index (χ0n) is 9.56. The number of hydrogen-bond acceptors (Lipinski definition) is 2. The number of carbonyl (C=O) groups is 1. The van der Waals surface area contributed by atoms with Crippen molar-refractivity contribution in [1.29, 1.82) is 0 Å². The molecule has 0 heterocycles. The third-order valence-electron chi connectivity index (χ3n) is 2.06. The lowest BCUT2D eigenvalue weighted by atomic mass is 10.1. The van der Waals surface area contributed by atoms with E-state index in [4.69, 9.17) is 9.84 Å². The summed E-state index contributed by atoms with van der Waals surface area (Å²) in [5.41, 5.74) is 1.88.